The van der Waals surface area contributed by atoms with Gasteiger partial charge in [0.2, 0.25) is 0 Å². The second kappa shape index (κ2) is 5.52. The van der Waals surface area contributed by atoms with Crippen LogP contribution in [-0.2, 0) is 0 Å². The van der Waals surface area contributed by atoms with Crippen molar-refractivity contribution in [3.63, 3.8) is 0 Å². The average molecular weight is 318 g/mol. The number of aryl methyl sites for hydroxylation is 2. The molecule has 1 N–H and O–H groups in total. The van der Waals surface area contributed by atoms with Crippen LogP contribution in [0.2, 0.25) is 0 Å². The number of carbonyl (C=O) groups is 1. The molecule has 4 rings (SSSR count). The summed E-state index contributed by atoms with van der Waals surface area (Å²) in [5, 5.41) is 14.7. The van der Waals surface area contributed by atoms with Gasteiger partial charge >= 0.3 is 0 Å². The largest absolute Gasteiger partial charge is 0.545 e. The zero-order chi connectivity index (χ0) is 16.8. The van der Waals surface area contributed by atoms with Crippen molar-refractivity contribution in [2.45, 2.75) is 32.2 Å². The average Bonchev–Trinajstić information content (AvgIpc) is 3.04. The van der Waals surface area contributed by atoms with Gasteiger partial charge < -0.3 is 15.2 Å². The summed E-state index contributed by atoms with van der Waals surface area (Å²) in [4.78, 5) is 11.0. The Bertz CT molecular complexity index is 836. The zero-order valence-electron chi connectivity index (χ0n) is 13.9. The summed E-state index contributed by atoms with van der Waals surface area (Å²) in [5.41, 5.74) is 6.52. The molecule has 1 aliphatic heterocycles. The Balaban J connectivity index is 1.76. The van der Waals surface area contributed by atoms with Crippen molar-refractivity contribution < 1.29 is 9.90 Å². The summed E-state index contributed by atoms with van der Waals surface area (Å²) in [6, 6.07) is 11.8. The van der Waals surface area contributed by atoms with Crippen molar-refractivity contribution in [3.8, 4) is 0 Å². The van der Waals surface area contributed by atoms with E-state index in [1.807, 2.05) is 12.1 Å². The molecule has 0 bridgehead atoms. The zero-order valence-corrected chi connectivity index (χ0v) is 13.9. The van der Waals surface area contributed by atoms with Crippen LogP contribution in [0, 0.1) is 19.8 Å². The number of fused-ring (bicyclic) bond motifs is 3. The first-order valence-corrected chi connectivity index (χ1v) is 8.40. The predicted octanol–water partition coefficient (Wildman–Crippen LogP) is 3.49. The second-order valence-electron chi connectivity index (χ2n) is 6.93. The molecule has 1 heterocycles. The van der Waals surface area contributed by atoms with E-state index in [0.717, 1.165) is 12.0 Å². The molecule has 2 aromatic carbocycles. The van der Waals surface area contributed by atoms with Crippen LogP contribution >= 0.6 is 0 Å². The minimum Gasteiger partial charge on any atom is -0.545 e. The molecule has 0 unspecified atom stereocenters. The van der Waals surface area contributed by atoms with Crippen LogP contribution in [0.15, 0.2) is 48.6 Å². The highest BCUT2D eigenvalue weighted by molar-refractivity contribution is 5.85. The van der Waals surface area contributed by atoms with Gasteiger partial charge in [-0.25, -0.2) is 0 Å². The number of anilines is 1. The number of benzene rings is 2. The summed E-state index contributed by atoms with van der Waals surface area (Å²) in [6.07, 6.45) is 5.63. The Kier molecular flexibility index (Phi) is 3.45. The second-order valence-corrected chi connectivity index (χ2v) is 6.93. The van der Waals surface area contributed by atoms with E-state index in [2.05, 4.69) is 43.4 Å². The lowest BCUT2D eigenvalue weighted by atomic mass is 9.76. The molecule has 24 heavy (non-hydrogen) atoms. The third-order valence-corrected chi connectivity index (χ3v) is 5.32. The number of allylic oxidation sites excluding steroid dienone is 2. The van der Waals surface area contributed by atoms with Gasteiger partial charge in [0.1, 0.15) is 0 Å². The number of carbonyl (C=O) groups excluding carboxylic acids is 1. The van der Waals surface area contributed by atoms with Crippen LogP contribution in [0.25, 0.3) is 0 Å². The molecule has 3 heteroatoms. The van der Waals surface area contributed by atoms with Crippen LogP contribution in [-0.4, -0.2) is 5.97 Å². The van der Waals surface area contributed by atoms with Crippen LogP contribution in [0.4, 0.5) is 5.69 Å². The first kappa shape index (κ1) is 15.0. The van der Waals surface area contributed by atoms with E-state index in [1.165, 1.54) is 22.4 Å². The molecule has 0 radical (unpaired) electrons. The number of hydrogen-bond acceptors (Lipinski definition) is 3. The Morgan fingerprint density at radius 3 is 2.62 bits per heavy atom. The van der Waals surface area contributed by atoms with E-state index < -0.39 is 5.97 Å². The summed E-state index contributed by atoms with van der Waals surface area (Å²) in [7, 11) is 0. The fourth-order valence-corrected chi connectivity index (χ4v) is 4.23. The fourth-order valence-electron chi connectivity index (χ4n) is 4.23. The molecule has 0 aromatic heterocycles. The van der Waals surface area contributed by atoms with Gasteiger partial charge in [-0.15, -0.1) is 0 Å². The van der Waals surface area contributed by atoms with Crippen molar-refractivity contribution >= 4 is 11.7 Å². The van der Waals surface area contributed by atoms with E-state index in [-0.39, 0.29) is 11.6 Å². The molecule has 3 nitrogen and oxygen atoms in total. The number of nitrogens with one attached hydrogen (secondary N) is 1. The van der Waals surface area contributed by atoms with E-state index in [1.54, 1.807) is 12.1 Å². The highest BCUT2D eigenvalue weighted by atomic mass is 16.4. The van der Waals surface area contributed by atoms with E-state index in [9.17, 15) is 9.90 Å². The van der Waals surface area contributed by atoms with Gasteiger partial charge in [0.25, 0.3) is 0 Å². The summed E-state index contributed by atoms with van der Waals surface area (Å²) < 4.78 is 0. The third kappa shape index (κ3) is 2.32. The number of hydrogen-bond donors (Lipinski definition) is 1. The molecule has 0 saturated heterocycles. The molecular formula is C21H20NO2-. The van der Waals surface area contributed by atoms with Crippen molar-refractivity contribution in [2.75, 3.05) is 5.32 Å². The van der Waals surface area contributed by atoms with Gasteiger partial charge in [0.15, 0.2) is 0 Å². The Labute approximate surface area is 142 Å². The van der Waals surface area contributed by atoms with Crippen LogP contribution in [0.3, 0.4) is 0 Å². The third-order valence-electron chi connectivity index (χ3n) is 5.32. The number of rotatable bonds is 2. The predicted molar refractivity (Wildman–Crippen MR) is 93.0 cm³/mol. The lowest BCUT2D eigenvalue weighted by molar-refractivity contribution is -0.255. The first-order chi connectivity index (χ1) is 11.5. The van der Waals surface area contributed by atoms with Crippen LogP contribution < -0.4 is 10.4 Å². The maximum atomic E-state index is 11.0. The van der Waals surface area contributed by atoms with Crippen LogP contribution in [0.1, 0.15) is 51.0 Å². The maximum Gasteiger partial charge on any atom is 0.0715 e. The molecule has 0 spiro atoms. The molecule has 0 saturated carbocycles. The topological polar surface area (TPSA) is 52.2 Å². The van der Waals surface area contributed by atoms with Crippen molar-refractivity contribution in [2.24, 2.45) is 5.92 Å². The van der Waals surface area contributed by atoms with Gasteiger partial charge in [-0.2, -0.15) is 0 Å². The molecule has 2 aliphatic rings. The Hall–Kier alpha value is -2.55. The smallest absolute Gasteiger partial charge is 0.0715 e. The quantitative estimate of drug-likeness (QED) is 0.862. The van der Waals surface area contributed by atoms with Crippen molar-refractivity contribution in [1.82, 2.24) is 0 Å². The highest BCUT2D eigenvalue weighted by Crippen LogP contribution is 2.50. The molecule has 0 fully saturated rings. The summed E-state index contributed by atoms with van der Waals surface area (Å²) in [5.74, 6) is -0.242. The lowest BCUT2D eigenvalue weighted by Gasteiger charge is -2.38. The van der Waals surface area contributed by atoms with Crippen molar-refractivity contribution in [3.05, 3.63) is 76.4 Å². The first-order valence-electron chi connectivity index (χ1n) is 8.40. The maximum absolute atomic E-state index is 11.0. The molecule has 1 aliphatic carbocycles. The summed E-state index contributed by atoms with van der Waals surface area (Å²) in [6.45, 7) is 4.29. The van der Waals surface area contributed by atoms with Gasteiger partial charge in [-0.3, -0.25) is 0 Å². The molecule has 2 aromatic rings. The molecule has 122 valence electrons. The number of carboxylic acids is 1. The summed E-state index contributed by atoms with van der Waals surface area (Å²) >= 11 is 0. The van der Waals surface area contributed by atoms with Crippen LogP contribution in [0.5, 0.6) is 0 Å². The van der Waals surface area contributed by atoms with E-state index in [4.69, 9.17) is 0 Å². The lowest BCUT2D eigenvalue weighted by Crippen LogP contribution is -2.30. The monoisotopic (exact) mass is 318 g/mol. The molecular weight excluding hydrogens is 298 g/mol. The van der Waals surface area contributed by atoms with Gasteiger partial charge in [0.05, 0.1) is 12.0 Å². The van der Waals surface area contributed by atoms with E-state index in [0.29, 0.717) is 11.8 Å². The van der Waals surface area contributed by atoms with E-state index >= 15 is 0 Å². The number of carboxylic acid groups (broad SMARTS) is 1. The van der Waals surface area contributed by atoms with Gasteiger partial charge in [-0.05, 0) is 48.4 Å². The Morgan fingerprint density at radius 2 is 1.92 bits per heavy atom. The standard InChI is InChI=1S/C21H21NO2/c1-12-10-13(2)19-18(11-12)16-4-3-5-17(16)20(22-19)14-6-8-15(9-7-14)21(23)24/h3-4,6-11,16-17,20,22H,5H2,1-2H3,(H,23,24)/p-1/t16-,17-,20-/m0/s1. The minimum atomic E-state index is -1.13. The van der Waals surface area contributed by atoms with Gasteiger partial charge in [0, 0.05) is 11.6 Å². The minimum absolute atomic E-state index is 0.190. The molecule has 3 atom stereocenters. The highest BCUT2D eigenvalue weighted by Gasteiger charge is 2.38. The van der Waals surface area contributed by atoms with Gasteiger partial charge in [-0.1, -0.05) is 54.1 Å². The molecule has 0 amide bonds. The van der Waals surface area contributed by atoms with Crippen molar-refractivity contribution in [1.29, 1.82) is 0 Å². The number of aromatic carboxylic acids is 1. The fraction of sp³-hybridized carbons (Fsp3) is 0.286. The SMILES string of the molecule is Cc1cc(C)c2c(c1)[C@H]1C=CC[C@@H]1[C@H](c1ccc(C(=O)[O-])cc1)N2. The Morgan fingerprint density at radius 1 is 1.17 bits per heavy atom. The normalized spacial score (nSPS) is 24.2.